The maximum Gasteiger partial charge on any atom is 0.272 e. The average Bonchev–Trinajstić information content (AvgIpc) is 2.97. The summed E-state index contributed by atoms with van der Waals surface area (Å²) in [6, 6.07) is 11.1. The van der Waals surface area contributed by atoms with Crippen molar-refractivity contribution in [2.45, 2.75) is 18.9 Å². The van der Waals surface area contributed by atoms with Crippen LogP contribution in [0.3, 0.4) is 0 Å². The van der Waals surface area contributed by atoms with Crippen LogP contribution in [0.5, 0.6) is 0 Å². The minimum atomic E-state index is -0.0579. The Morgan fingerprint density at radius 3 is 2.82 bits per heavy atom. The second-order valence-corrected chi connectivity index (χ2v) is 5.62. The van der Waals surface area contributed by atoms with Crippen LogP contribution in [0.2, 0.25) is 5.02 Å². The Balaban J connectivity index is 0.00000176. The zero-order valence-corrected chi connectivity index (χ0v) is 13.5. The first-order valence-electron chi connectivity index (χ1n) is 6.93. The summed E-state index contributed by atoms with van der Waals surface area (Å²) in [6.45, 7) is 0.738. The molecule has 2 aromatic rings. The third-order valence-corrected chi connectivity index (χ3v) is 3.99. The summed E-state index contributed by atoms with van der Waals surface area (Å²) in [5.41, 5.74) is 7.67. The molecule has 0 radical (unpaired) electrons. The number of carbonyl (C=O) groups excluding carboxylic acids is 1. The van der Waals surface area contributed by atoms with Crippen molar-refractivity contribution in [3.63, 3.8) is 0 Å². The normalized spacial score (nSPS) is 17.1. The predicted octanol–water partition coefficient (Wildman–Crippen LogP) is 3.72. The third kappa shape index (κ3) is 3.34. The van der Waals surface area contributed by atoms with E-state index in [4.69, 9.17) is 17.3 Å². The number of hydrogen-bond donors (Lipinski definition) is 1. The molecule has 116 valence electrons. The van der Waals surface area contributed by atoms with Crippen LogP contribution < -0.4 is 5.73 Å². The van der Waals surface area contributed by atoms with E-state index in [0.717, 1.165) is 24.9 Å². The first-order chi connectivity index (χ1) is 10.1. The van der Waals surface area contributed by atoms with Crippen LogP contribution in [-0.2, 0) is 0 Å². The number of amides is 1. The molecule has 1 aromatic heterocycles. The van der Waals surface area contributed by atoms with Crippen LogP contribution in [0.15, 0.2) is 42.6 Å². The monoisotopic (exact) mass is 337 g/mol. The third-order valence-electron chi connectivity index (χ3n) is 3.75. The highest BCUT2D eigenvalue weighted by atomic mass is 35.5. The summed E-state index contributed by atoms with van der Waals surface area (Å²) < 4.78 is 0. The Morgan fingerprint density at radius 1 is 1.32 bits per heavy atom. The maximum absolute atomic E-state index is 12.6. The number of aromatic nitrogens is 1. The van der Waals surface area contributed by atoms with Gasteiger partial charge in [-0.05, 0) is 42.7 Å². The standard InChI is InChI=1S/C16H16ClN3O.ClH/c17-12-4-1-3-11(9-12)15-5-2-8-20(15)16(21)14-7-6-13(18)10-19-14;/h1,3-4,6-7,9-10,15H,2,5,8,18H2;1H. The second kappa shape index (κ2) is 6.99. The molecule has 1 aliphatic rings. The topological polar surface area (TPSA) is 59.2 Å². The average molecular weight is 338 g/mol. The van der Waals surface area contributed by atoms with Crippen LogP contribution in [-0.4, -0.2) is 22.3 Å². The number of carbonyl (C=O) groups is 1. The van der Waals surface area contributed by atoms with Crippen molar-refractivity contribution in [2.24, 2.45) is 0 Å². The summed E-state index contributed by atoms with van der Waals surface area (Å²) in [5, 5.41) is 0.692. The first kappa shape index (κ1) is 16.6. The van der Waals surface area contributed by atoms with Gasteiger partial charge in [-0.25, -0.2) is 4.98 Å². The molecule has 1 fully saturated rings. The van der Waals surface area contributed by atoms with Crippen LogP contribution in [0, 0.1) is 0 Å². The number of nitrogen functional groups attached to an aromatic ring is 1. The van der Waals surface area contributed by atoms with Crippen LogP contribution >= 0.6 is 24.0 Å². The molecule has 1 aromatic carbocycles. The number of pyridine rings is 1. The molecule has 2 heterocycles. The van der Waals surface area contributed by atoms with Crippen molar-refractivity contribution in [3.8, 4) is 0 Å². The van der Waals surface area contributed by atoms with E-state index in [9.17, 15) is 4.79 Å². The van der Waals surface area contributed by atoms with Crippen LogP contribution in [0.1, 0.15) is 34.9 Å². The van der Waals surface area contributed by atoms with Crippen molar-refractivity contribution in [1.82, 2.24) is 9.88 Å². The molecule has 3 rings (SSSR count). The summed E-state index contributed by atoms with van der Waals surface area (Å²) in [7, 11) is 0. The smallest absolute Gasteiger partial charge is 0.272 e. The Hall–Kier alpha value is -1.78. The molecule has 1 saturated heterocycles. The van der Waals surface area contributed by atoms with E-state index in [-0.39, 0.29) is 24.4 Å². The van der Waals surface area contributed by atoms with Gasteiger partial charge in [0, 0.05) is 11.6 Å². The number of benzene rings is 1. The van der Waals surface area contributed by atoms with E-state index >= 15 is 0 Å². The fraction of sp³-hybridized carbons (Fsp3) is 0.250. The maximum atomic E-state index is 12.6. The highest BCUT2D eigenvalue weighted by molar-refractivity contribution is 6.30. The number of hydrogen-bond acceptors (Lipinski definition) is 3. The minimum absolute atomic E-state index is 0. The Kier molecular flexibility index (Phi) is 5.27. The van der Waals surface area contributed by atoms with Crippen molar-refractivity contribution in [2.75, 3.05) is 12.3 Å². The number of halogens is 2. The second-order valence-electron chi connectivity index (χ2n) is 5.19. The fourth-order valence-electron chi connectivity index (χ4n) is 2.75. The summed E-state index contributed by atoms with van der Waals surface area (Å²) in [6.07, 6.45) is 3.44. The SMILES string of the molecule is Cl.Nc1ccc(C(=O)N2CCCC2c2cccc(Cl)c2)nc1. The highest BCUT2D eigenvalue weighted by Gasteiger charge is 2.31. The fourth-order valence-corrected chi connectivity index (χ4v) is 2.95. The number of anilines is 1. The van der Waals surface area contributed by atoms with Gasteiger partial charge in [-0.1, -0.05) is 23.7 Å². The van der Waals surface area contributed by atoms with E-state index in [0.29, 0.717) is 16.4 Å². The number of nitrogens with zero attached hydrogens (tertiary/aromatic N) is 2. The highest BCUT2D eigenvalue weighted by Crippen LogP contribution is 2.33. The largest absolute Gasteiger partial charge is 0.397 e. The van der Waals surface area contributed by atoms with Gasteiger partial charge in [0.05, 0.1) is 17.9 Å². The van der Waals surface area contributed by atoms with Crippen molar-refractivity contribution in [1.29, 1.82) is 0 Å². The van der Waals surface area contributed by atoms with Crippen molar-refractivity contribution in [3.05, 3.63) is 58.9 Å². The van der Waals surface area contributed by atoms with Gasteiger partial charge in [-0.3, -0.25) is 4.79 Å². The molecule has 22 heavy (non-hydrogen) atoms. The lowest BCUT2D eigenvalue weighted by molar-refractivity contribution is 0.0729. The van der Waals surface area contributed by atoms with E-state index in [1.54, 1.807) is 12.1 Å². The molecule has 0 saturated carbocycles. The lowest BCUT2D eigenvalue weighted by Gasteiger charge is -2.25. The van der Waals surface area contributed by atoms with Gasteiger partial charge in [0.15, 0.2) is 0 Å². The van der Waals surface area contributed by atoms with E-state index in [1.807, 2.05) is 29.2 Å². The molecular formula is C16H17Cl2N3O. The molecule has 1 aliphatic heterocycles. The lowest BCUT2D eigenvalue weighted by Crippen LogP contribution is -2.31. The van der Waals surface area contributed by atoms with Crippen molar-refractivity contribution >= 4 is 35.6 Å². The number of nitrogens with two attached hydrogens (primary N) is 1. The molecule has 0 aliphatic carbocycles. The lowest BCUT2D eigenvalue weighted by atomic mass is 10.0. The molecule has 1 unspecified atom stereocenters. The van der Waals surface area contributed by atoms with Crippen LogP contribution in [0.4, 0.5) is 5.69 Å². The van der Waals surface area contributed by atoms with Gasteiger partial charge < -0.3 is 10.6 Å². The van der Waals surface area contributed by atoms with Crippen molar-refractivity contribution < 1.29 is 4.79 Å². The molecule has 6 heteroatoms. The Morgan fingerprint density at radius 2 is 2.14 bits per heavy atom. The molecule has 4 nitrogen and oxygen atoms in total. The Labute approximate surface area is 140 Å². The van der Waals surface area contributed by atoms with E-state index < -0.39 is 0 Å². The summed E-state index contributed by atoms with van der Waals surface area (Å²) in [4.78, 5) is 18.6. The Bertz CT molecular complexity index is 661. The molecule has 1 amide bonds. The quantitative estimate of drug-likeness (QED) is 0.908. The zero-order chi connectivity index (χ0) is 14.8. The molecule has 0 spiro atoms. The van der Waals surface area contributed by atoms with E-state index in [1.165, 1.54) is 6.20 Å². The van der Waals surface area contributed by atoms with Gasteiger partial charge in [0.1, 0.15) is 5.69 Å². The van der Waals surface area contributed by atoms with Gasteiger partial charge >= 0.3 is 0 Å². The number of likely N-dealkylation sites (tertiary alicyclic amines) is 1. The zero-order valence-electron chi connectivity index (χ0n) is 11.9. The van der Waals surface area contributed by atoms with Gasteiger partial charge in [0.2, 0.25) is 0 Å². The summed E-state index contributed by atoms with van der Waals surface area (Å²) in [5.74, 6) is -0.0579. The minimum Gasteiger partial charge on any atom is -0.397 e. The molecule has 1 atom stereocenters. The van der Waals surface area contributed by atoms with Gasteiger partial charge in [-0.2, -0.15) is 0 Å². The molecule has 0 bridgehead atoms. The van der Waals surface area contributed by atoms with Crippen LogP contribution in [0.25, 0.3) is 0 Å². The van der Waals surface area contributed by atoms with E-state index in [2.05, 4.69) is 4.98 Å². The predicted molar refractivity (Wildman–Crippen MR) is 90.4 cm³/mol. The number of rotatable bonds is 2. The summed E-state index contributed by atoms with van der Waals surface area (Å²) >= 11 is 6.06. The van der Waals surface area contributed by atoms with Gasteiger partial charge in [-0.15, -0.1) is 12.4 Å². The molecule has 2 N–H and O–H groups in total. The van der Waals surface area contributed by atoms with Gasteiger partial charge in [0.25, 0.3) is 5.91 Å². The molecular weight excluding hydrogens is 321 g/mol. The first-order valence-corrected chi connectivity index (χ1v) is 7.31.